The number of hydrogen-bond donors (Lipinski definition) is 1. The van der Waals surface area contributed by atoms with E-state index in [1.807, 2.05) is 60.4 Å². The Morgan fingerprint density at radius 3 is 2.80 bits per heavy atom. The van der Waals surface area contributed by atoms with Gasteiger partial charge in [0.25, 0.3) is 5.91 Å². The van der Waals surface area contributed by atoms with Crippen molar-refractivity contribution in [2.75, 3.05) is 18.5 Å². The SMILES string of the molecule is C=CCOc1cccc(C2(C)Nc3ccccc3C(=O)N2CCC)c1. The van der Waals surface area contributed by atoms with Crippen LogP contribution in [0, 0.1) is 0 Å². The van der Waals surface area contributed by atoms with Crippen molar-refractivity contribution in [1.29, 1.82) is 0 Å². The molecule has 1 aliphatic rings. The minimum absolute atomic E-state index is 0.0520. The standard InChI is InChI=1S/C21H24N2O2/c1-4-13-23-20(24)18-11-6-7-12-19(18)22-21(23,3)16-9-8-10-17(15-16)25-14-5-2/h5-12,15,22H,2,4,13-14H2,1,3H3. The third-order valence-corrected chi connectivity index (χ3v) is 4.53. The normalized spacial score (nSPS) is 19.1. The van der Waals surface area contributed by atoms with E-state index in [0.717, 1.165) is 23.4 Å². The summed E-state index contributed by atoms with van der Waals surface area (Å²) < 4.78 is 5.67. The molecule has 0 fully saturated rings. The number of hydrogen-bond acceptors (Lipinski definition) is 3. The van der Waals surface area contributed by atoms with Crippen LogP contribution in [0.3, 0.4) is 0 Å². The van der Waals surface area contributed by atoms with Gasteiger partial charge in [0.1, 0.15) is 18.0 Å². The third-order valence-electron chi connectivity index (χ3n) is 4.53. The molecule has 2 aromatic carbocycles. The summed E-state index contributed by atoms with van der Waals surface area (Å²) in [6.45, 7) is 8.94. The molecule has 0 spiro atoms. The molecule has 0 aliphatic carbocycles. The lowest BCUT2D eigenvalue weighted by Gasteiger charge is -2.46. The summed E-state index contributed by atoms with van der Waals surface area (Å²) in [7, 11) is 0. The van der Waals surface area contributed by atoms with Crippen molar-refractivity contribution in [3.8, 4) is 5.75 Å². The van der Waals surface area contributed by atoms with Crippen LogP contribution in [0.4, 0.5) is 5.69 Å². The molecule has 25 heavy (non-hydrogen) atoms. The summed E-state index contributed by atoms with van der Waals surface area (Å²) in [4.78, 5) is 15.0. The average molecular weight is 336 g/mol. The van der Waals surface area contributed by atoms with Crippen molar-refractivity contribution < 1.29 is 9.53 Å². The molecule has 0 bridgehead atoms. The summed E-state index contributed by atoms with van der Waals surface area (Å²) in [5.74, 6) is 0.819. The Morgan fingerprint density at radius 1 is 1.24 bits per heavy atom. The van der Waals surface area contributed by atoms with Gasteiger partial charge in [0.2, 0.25) is 0 Å². The summed E-state index contributed by atoms with van der Waals surface area (Å²) in [6.07, 6.45) is 2.61. The van der Waals surface area contributed by atoms with E-state index < -0.39 is 5.66 Å². The Bertz CT molecular complexity index is 787. The first-order chi connectivity index (χ1) is 12.1. The molecule has 1 amide bonds. The van der Waals surface area contributed by atoms with Crippen LogP contribution < -0.4 is 10.1 Å². The van der Waals surface area contributed by atoms with Crippen molar-refractivity contribution in [1.82, 2.24) is 4.90 Å². The fourth-order valence-electron chi connectivity index (χ4n) is 3.28. The van der Waals surface area contributed by atoms with Gasteiger partial charge in [-0.15, -0.1) is 0 Å². The maximum absolute atomic E-state index is 13.1. The van der Waals surface area contributed by atoms with Crippen molar-refractivity contribution in [2.24, 2.45) is 0 Å². The van der Waals surface area contributed by atoms with E-state index in [4.69, 9.17) is 4.74 Å². The van der Waals surface area contributed by atoms with Gasteiger partial charge in [-0.25, -0.2) is 0 Å². The molecule has 0 radical (unpaired) electrons. The third kappa shape index (κ3) is 3.12. The van der Waals surface area contributed by atoms with Crippen LogP contribution in [-0.2, 0) is 5.66 Å². The fraction of sp³-hybridized carbons (Fsp3) is 0.286. The van der Waals surface area contributed by atoms with Crippen molar-refractivity contribution in [3.63, 3.8) is 0 Å². The molecule has 130 valence electrons. The van der Waals surface area contributed by atoms with Crippen LogP contribution in [0.15, 0.2) is 61.2 Å². The number of benzene rings is 2. The number of ether oxygens (including phenoxy) is 1. The second kappa shape index (κ2) is 7.01. The summed E-state index contributed by atoms with van der Waals surface area (Å²) in [5, 5.41) is 3.57. The molecule has 1 unspecified atom stereocenters. The van der Waals surface area contributed by atoms with E-state index >= 15 is 0 Å². The first-order valence-electron chi connectivity index (χ1n) is 8.63. The van der Waals surface area contributed by atoms with E-state index in [9.17, 15) is 4.79 Å². The van der Waals surface area contributed by atoms with Gasteiger partial charge in [0.05, 0.1) is 5.56 Å². The second-order valence-electron chi connectivity index (χ2n) is 6.33. The van der Waals surface area contributed by atoms with Gasteiger partial charge in [0, 0.05) is 17.8 Å². The molecular formula is C21H24N2O2. The van der Waals surface area contributed by atoms with Crippen molar-refractivity contribution in [2.45, 2.75) is 25.9 Å². The van der Waals surface area contributed by atoms with Crippen molar-refractivity contribution >= 4 is 11.6 Å². The minimum atomic E-state index is -0.630. The van der Waals surface area contributed by atoms with Crippen LogP contribution in [0.2, 0.25) is 0 Å². The van der Waals surface area contributed by atoms with Gasteiger partial charge in [0.15, 0.2) is 0 Å². The zero-order chi connectivity index (χ0) is 17.9. The van der Waals surface area contributed by atoms with Crippen LogP contribution >= 0.6 is 0 Å². The largest absolute Gasteiger partial charge is 0.490 e. The predicted octanol–water partition coefficient (Wildman–Crippen LogP) is 4.40. The topological polar surface area (TPSA) is 41.6 Å². The first-order valence-corrected chi connectivity index (χ1v) is 8.63. The lowest BCUT2D eigenvalue weighted by molar-refractivity contribution is 0.0535. The Kier molecular flexibility index (Phi) is 4.79. The van der Waals surface area contributed by atoms with Gasteiger partial charge < -0.3 is 15.0 Å². The Labute approximate surface area is 149 Å². The number of fused-ring (bicyclic) bond motifs is 1. The predicted molar refractivity (Wildman–Crippen MR) is 101 cm³/mol. The molecule has 1 N–H and O–H groups in total. The molecule has 0 aromatic heterocycles. The number of rotatable bonds is 6. The Morgan fingerprint density at radius 2 is 2.04 bits per heavy atom. The van der Waals surface area contributed by atoms with E-state index in [1.165, 1.54) is 0 Å². The summed E-state index contributed by atoms with van der Waals surface area (Å²) in [5.41, 5.74) is 1.94. The molecular weight excluding hydrogens is 312 g/mol. The number of nitrogens with one attached hydrogen (secondary N) is 1. The number of anilines is 1. The maximum atomic E-state index is 13.1. The molecule has 3 rings (SSSR count). The van der Waals surface area contributed by atoms with Gasteiger partial charge in [-0.3, -0.25) is 4.79 Å². The lowest BCUT2D eigenvalue weighted by atomic mass is 9.93. The van der Waals surface area contributed by atoms with Gasteiger partial charge >= 0.3 is 0 Å². The smallest absolute Gasteiger partial charge is 0.258 e. The molecule has 1 aliphatic heterocycles. The van der Waals surface area contributed by atoms with Crippen LogP contribution in [0.25, 0.3) is 0 Å². The molecule has 2 aromatic rings. The summed E-state index contributed by atoms with van der Waals surface area (Å²) in [6, 6.07) is 15.5. The molecule has 1 heterocycles. The zero-order valence-electron chi connectivity index (χ0n) is 14.8. The van der Waals surface area contributed by atoms with Crippen LogP contribution in [-0.4, -0.2) is 24.0 Å². The average Bonchev–Trinajstić information content (AvgIpc) is 2.64. The highest BCUT2D eigenvalue weighted by Crippen LogP contribution is 2.38. The highest BCUT2D eigenvalue weighted by atomic mass is 16.5. The highest BCUT2D eigenvalue weighted by Gasteiger charge is 2.42. The van der Waals surface area contributed by atoms with E-state index in [1.54, 1.807) is 6.08 Å². The number of carbonyl (C=O) groups excluding carboxylic acids is 1. The first kappa shape index (κ1) is 17.1. The minimum Gasteiger partial charge on any atom is -0.490 e. The van der Waals surface area contributed by atoms with Crippen molar-refractivity contribution in [3.05, 3.63) is 72.3 Å². The zero-order valence-corrected chi connectivity index (χ0v) is 14.8. The molecule has 4 nitrogen and oxygen atoms in total. The molecule has 0 saturated heterocycles. The van der Waals surface area contributed by atoms with E-state index in [2.05, 4.69) is 18.8 Å². The second-order valence-corrected chi connectivity index (χ2v) is 6.33. The molecule has 4 heteroatoms. The summed E-state index contributed by atoms with van der Waals surface area (Å²) >= 11 is 0. The molecule has 0 saturated carbocycles. The van der Waals surface area contributed by atoms with Crippen LogP contribution in [0.5, 0.6) is 5.75 Å². The van der Waals surface area contributed by atoms with Gasteiger partial charge in [-0.2, -0.15) is 0 Å². The molecule has 1 atom stereocenters. The monoisotopic (exact) mass is 336 g/mol. The number of carbonyl (C=O) groups is 1. The fourth-order valence-corrected chi connectivity index (χ4v) is 3.28. The van der Waals surface area contributed by atoms with Gasteiger partial charge in [-0.1, -0.05) is 43.8 Å². The number of amides is 1. The highest BCUT2D eigenvalue weighted by molar-refractivity contribution is 6.02. The Hall–Kier alpha value is -2.75. The number of nitrogens with zero attached hydrogens (tertiary/aromatic N) is 1. The quantitative estimate of drug-likeness (QED) is 0.795. The van der Waals surface area contributed by atoms with Gasteiger partial charge in [-0.05, 0) is 37.6 Å². The Balaban J connectivity index is 2.05. The van der Waals surface area contributed by atoms with Crippen LogP contribution in [0.1, 0.15) is 36.2 Å². The number of para-hydroxylation sites is 1. The van der Waals surface area contributed by atoms with E-state index in [0.29, 0.717) is 18.7 Å². The maximum Gasteiger partial charge on any atom is 0.258 e. The lowest BCUT2D eigenvalue weighted by Crippen LogP contribution is -2.56. The van der Waals surface area contributed by atoms with E-state index in [-0.39, 0.29) is 5.91 Å².